The molecular formula is C21H26N2O3S2. The number of hydrogen-bond acceptors (Lipinski definition) is 4. The van der Waals surface area contributed by atoms with E-state index in [0.29, 0.717) is 24.5 Å². The molecule has 0 bridgehead atoms. The maximum atomic E-state index is 12.9. The van der Waals surface area contributed by atoms with Crippen molar-refractivity contribution in [2.24, 2.45) is 0 Å². The highest BCUT2D eigenvalue weighted by Crippen LogP contribution is 2.40. The number of sulfonamides is 1. The molecule has 2 fully saturated rings. The summed E-state index contributed by atoms with van der Waals surface area (Å²) in [6.45, 7) is 1.61. The molecule has 1 aliphatic heterocycles. The lowest BCUT2D eigenvalue weighted by molar-refractivity contribution is 0.0944. The molecule has 1 saturated heterocycles. The van der Waals surface area contributed by atoms with Gasteiger partial charge in [0.05, 0.1) is 0 Å². The third-order valence-corrected chi connectivity index (χ3v) is 9.04. The first-order valence-corrected chi connectivity index (χ1v) is 12.3. The fourth-order valence-corrected chi connectivity index (χ4v) is 7.31. The normalized spacial score (nSPS) is 19.7. The zero-order chi connectivity index (χ0) is 19.6. The molecule has 0 unspecified atom stereocenters. The van der Waals surface area contributed by atoms with Crippen LogP contribution >= 0.6 is 11.3 Å². The van der Waals surface area contributed by atoms with Crippen LogP contribution in [0.5, 0.6) is 0 Å². The molecule has 150 valence electrons. The molecule has 1 aromatic heterocycles. The van der Waals surface area contributed by atoms with Gasteiger partial charge in [0.25, 0.3) is 5.91 Å². The number of amides is 1. The van der Waals surface area contributed by atoms with Gasteiger partial charge in [-0.2, -0.15) is 4.31 Å². The van der Waals surface area contributed by atoms with Crippen LogP contribution in [0.3, 0.4) is 0 Å². The molecule has 4 rings (SSSR count). The third-order valence-electron chi connectivity index (χ3n) is 6.05. The number of rotatable bonds is 6. The van der Waals surface area contributed by atoms with Gasteiger partial charge in [-0.05, 0) is 42.7 Å². The molecule has 1 aromatic carbocycles. The smallest absolute Gasteiger partial charge is 0.262 e. The molecule has 0 radical (unpaired) electrons. The Morgan fingerprint density at radius 3 is 2.39 bits per heavy atom. The monoisotopic (exact) mass is 418 g/mol. The fourth-order valence-electron chi connectivity index (χ4n) is 4.47. The van der Waals surface area contributed by atoms with Crippen molar-refractivity contribution in [3.63, 3.8) is 0 Å². The topological polar surface area (TPSA) is 66.5 Å². The average Bonchev–Trinajstić information content (AvgIpc) is 3.49. The third kappa shape index (κ3) is 3.63. The lowest BCUT2D eigenvalue weighted by atomic mass is 9.79. The summed E-state index contributed by atoms with van der Waals surface area (Å²) in [4.78, 5) is 13.4. The second-order valence-electron chi connectivity index (χ2n) is 7.76. The highest BCUT2D eigenvalue weighted by atomic mass is 32.2. The highest BCUT2D eigenvalue weighted by Gasteiger charge is 2.37. The Morgan fingerprint density at radius 2 is 1.71 bits per heavy atom. The van der Waals surface area contributed by atoms with Crippen molar-refractivity contribution < 1.29 is 13.2 Å². The Bertz CT molecular complexity index is 926. The molecule has 5 nitrogen and oxygen atoms in total. The maximum absolute atomic E-state index is 12.9. The summed E-state index contributed by atoms with van der Waals surface area (Å²) in [6, 6.07) is 11.9. The molecule has 0 atom stereocenters. The van der Waals surface area contributed by atoms with Gasteiger partial charge in [-0.1, -0.05) is 43.2 Å². The molecule has 1 aliphatic carbocycles. The van der Waals surface area contributed by atoms with Gasteiger partial charge in [0.15, 0.2) is 0 Å². The Balaban J connectivity index is 1.53. The number of nitrogens with one attached hydrogen (secondary N) is 1. The van der Waals surface area contributed by atoms with E-state index in [1.54, 1.807) is 11.4 Å². The molecule has 1 amide bonds. The standard InChI is InChI=1S/C21H26N2O3S2/c24-20(19-18(10-15-27-19)28(25,26)23-13-6-7-14-23)22-16-21(11-4-5-12-21)17-8-2-1-3-9-17/h1-3,8-10,15H,4-7,11-14,16H2,(H,22,24). The van der Waals surface area contributed by atoms with Crippen LogP contribution in [0, 0.1) is 0 Å². The first-order valence-electron chi connectivity index (χ1n) is 9.94. The summed E-state index contributed by atoms with van der Waals surface area (Å²) in [5.74, 6) is -0.282. The Morgan fingerprint density at radius 1 is 1.04 bits per heavy atom. The number of nitrogens with zero attached hydrogens (tertiary/aromatic N) is 1. The first-order chi connectivity index (χ1) is 13.5. The van der Waals surface area contributed by atoms with Gasteiger partial charge in [-0.25, -0.2) is 8.42 Å². The van der Waals surface area contributed by atoms with E-state index in [9.17, 15) is 13.2 Å². The van der Waals surface area contributed by atoms with E-state index >= 15 is 0 Å². The molecule has 2 aromatic rings. The van der Waals surface area contributed by atoms with Crippen LogP contribution in [0.15, 0.2) is 46.7 Å². The van der Waals surface area contributed by atoms with Crippen LogP contribution < -0.4 is 5.32 Å². The number of carbonyl (C=O) groups excluding carboxylic acids is 1. The van der Waals surface area contributed by atoms with E-state index in [0.717, 1.165) is 38.5 Å². The quantitative estimate of drug-likeness (QED) is 0.776. The van der Waals surface area contributed by atoms with Gasteiger partial charge in [-0.15, -0.1) is 11.3 Å². The lowest BCUT2D eigenvalue weighted by Gasteiger charge is -2.30. The van der Waals surface area contributed by atoms with Gasteiger partial charge < -0.3 is 5.32 Å². The average molecular weight is 419 g/mol. The Hall–Kier alpha value is -1.70. The Kier molecular flexibility index (Phi) is 5.58. The number of thiophene rings is 1. The number of benzene rings is 1. The van der Waals surface area contributed by atoms with Crippen molar-refractivity contribution in [3.05, 3.63) is 52.2 Å². The minimum absolute atomic E-state index is 0.0534. The van der Waals surface area contributed by atoms with E-state index in [-0.39, 0.29) is 16.2 Å². The van der Waals surface area contributed by atoms with Crippen LogP contribution in [-0.4, -0.2) is 38.3 Å². The van der Waals surface area contributed by atoms with Crippen LogP contribution in [0.2, 0.25) is 0 Å². The summed E-state index contributed by atoms with van der Waals surface area (Å²) in [6.07, 6.45) is 6.15. The van der Waals surface area contributed by atoms with E-state index in [1.165, 1.54) is 21.2 Å². The van der Waals surface area contributed by atoms with E-state index in [4.69, 9.17) is 0 Å². The van der Waals surface area contributed by atoms with Crippen LogP contribution in [0.1, 0.15) is 53.8 Å². The van der Waals surface area contributed by atoms with Crippen molar-refractivity contribution >= 4 is 27.3 Å². The summed E-state index contributed by atoms with van der Waals surface area (Å²) in [7, 11) is -3.59. The molecule has 1 saturated carbocycles. The van der Waals surface area contributed by atoms with Gasteiger partial charge >= 0.3 is 0 Å². The summed E-state index contributed by atoms with van der Waals surface area (Å²) in [5, 5.41) is 4.75. The Labute approximate surface area is 170 Å². The van der Waals surface area contributed by atoms with Gasteiger partial charge in [-0.3, -0.25) is 4.79 Å². The van der Waals surface area contributed by atoms with E-state index in [1.807, 2.05) is 18.2 Å². The summed E-state index contributed by atoms with van der Waals surface area (Å²) < 4.78 is 27.3. The van der Waals surface area contributed by atoms with Crippen molar-refractivity contribution in [2.45, 2.75) is 48.8 Å². The van der Waals surface area contributed by atoms with Crippen molar-refractivity contribution in [3.8, 4) is 0 Å². The molecular weight excluding hydrogens is 392 g/mol. The predicted molar refractivity (Wildman–Crippen MR) is 111 cm³/mol. The number of hydrogen-bond donors (Lipinski definition) is 1. The lowest BCUT2D eigenvalue weighted by Crippen LogP contribution is -2.39. The zero-order valence-electron chi connectivity index (χ0n) is 15.9. The summed E-state index contributed by atoms with van der Waals surface area (Å²) >= 11 is 1.20. The first kappa shape index (κ1) is 19.6. The second kappa shape index (κ2) is 7.97. The molecule has 2 aliphatic rings. The van der Waals surface area contributed by atoms with Crippen molar-refractivity contribution in [1.82, 2.24) is 9.62 Å². The van der Waals surface area contributed by atoms with Gasteiger partial charge in [0.2, 0.25) is 10.0 Å². The van der Waals surface area contributed by atoms with Gasteiger partial charge in [0, 0.05) is 25.0 Å². The second-order valence-corrected chi connectivity index (χ2v) is 10.6. The zero-order valence-corrected chi connectivity index (χ0v) is 17.5. The van der Waals surface area contributed by atoms with E-state index in [2.05, 4.69) is 17.4 Å². The SMILES string of the molecule is O=C(NCC1(c2ccccc2)CCCC1)c1sccc1S(=O)(=O)N1CCCC1. The van der Waals surface area contributed by atoms with E-state index < -0.39 is 10.0 Å². The minimum atomic E-state index is -3.59. The minimum Gasteiger partial charge on any atom is -0.350 e. The van der Waals surface area contributed by atoms with Crippen LogP contribution in [0.4, 0.5) is 0 Å². The van der Waals surface area contributed by atoms with Crippen molar-refractivity contribution in [1.29, 1.82) is 0 Å². The molecule has 28 heavy (non-hydrogen) atoms. The molecule has 2 heterocycles. The predicted octanol–water partition coefficient (Wildman–Crippen LogP) is 3.77. The fraction of sp³-hybridized carbons (Fsp3) is 0.476. The molecule has 7 heteroatoms. The van der Waals surface area contributed by atoms with Crippen molar-refractivity contribution in [2.75, 3.05) is 19.6 Å². The van der Waals surface area contributed by atoms with Crippen LogP contribution in [-0.2, 0) is 15.4 Å². The highest BCUT2D eigenvalue weighted by molar-refractivity contribution is 7.89. The molecule has 1 N–H and O–H groups in total. The van der Waals surface area contributed by atoms with Crippen LogP contribution in [0.25, 0.3) is 0 Å². The largest absolute Gasteiger partial charge is 0.350 e. The number of carbonyl (C=O) groups is 1. The molecule has 0 spiro atoms. The van der Waals surface area contributed by atoms with Gasteiger partial charge in [0.1, 0.15) is 9.77 Å². The summed E-state index contributed by atoms with van der Waals surface area (Å²) in [5.41, 5.74) is 1.20. The maximum Gasteiger partial charge on any atom is 0.262 e.